The summed E-state index contributed by atoms with van der Waals surface area (Å²) in [6, 6.07) is 4.06. The first kappa shape index (κ1) is 10.2. The van der Waals surface area contributed by atoms with Gasteiger partial charge < -0.3 is 10.3 Å². The topological polar surface area (TPSA) is 43.8 Å². The van der Waals surface area contributed by atoms with Gasteiger partial charge in [0.05, 0.1) is 21.1 Å². The molecule has 3 rings (SSSR count). The number of aromatic nitrogens is 2. The van der Waals surface area contributed by atoms with Crippen molar-refractivity contribution in [1.82, 2.24) is 9.55 Å². The van der Waals surface area contributed by atoms with Gasteiger partial charge in [-0.15, -0.1) is 0 Å². The molecule has 2 atom stereocenters. The number of nitrogens with zero attached hydrogens (tertiary/aromatic N) is 2. The standard InChI is InChI=1S/C11H11Cl2N3/c1-5-2-9(5)16-10-4-7(13)6(12)3-8(10)15-11(16)14/h3-5,9H,2H2,1H3,(H2,14,15). The van der Waals surface area contributed by atoms with Gasteiger partial charge in [-0.3, -0.25) is 0 Å². The van der Waals surface area contributed by atoms with Gasteiger partial charge in [-0.25, -0.2) is 4.98 Å². The van der Waals surface area contributed by atoms with Crippen LogP contribution in [-0.4, -0.2) is 9.55 Å². The molecule has 1 aromatic carbocycles. The van der Waals surface area contributed by atoms with Crippen LogP contribution in [0.3, 0.4) is 0 Å². The maximum Gasteiger partial charge on any atom is 0.201 e. The highest BCUT2D eigenvalue weighted by Crippen LogP contribution is 2.46. The van der Waals surface area contributed by atoms with Crippen molar-refractivity contribution in [3.05, 3.63) is 22.2 Å². The van der Waals surface area contributed by atoms with Crippen LogP contribution in [0.1, 0.15) is 19.4 Å². The van der Waals surface area contributed by atoms with Crippen molar-refractivity contribution in [2.75, 3.05) is 5.73 Å². The molecule has 5 heteroatoms. The van der Waals surface area contributed by atoms with E-state index in [0.717, 1.165) is 17.5 Å². The van der Waals surface area contributed by atoms with E-state index in [1.165, 1.54) is 0 Å². The summed E-state index contributed by atoms with van der Waals surface area (Å²) in [5.41, 5.74) is 7.71. The summed E-state index contributed by atoms with van der Waals surface area (Å²) in [4.78, 5) is 4.31. The fourth-order valence-electron chi connectivity index (χ4n) is 2.12. The lowest BCUT2D eigenvalue weighted by Gasteiger charge is -2.04. The summed E-state index contributed by atoms with van der Waals surface area (Å²) in [7, 11) is 0. The zero-order chi connectivity index (χ0) is 11.4. The van der Waals surface area contributed by atoms with Crippen LogP contribution in [0.5, 0.6) is 0 Å². The smallest absolute Gasteiger partial charge is 0.201 e. The highest BCUT2D eigenvalue weighted by atomic mass is 35.5. The second kappa shape index (κ2) is 3.28. The van der Waals surface area contributed by atoms with Crippen LogP contribution >= 0.6 is 23.2 Å². The van der Waals surface area contributed by atoms with Crippen LogP contribution in [0.2, 0.25) is 10.0 Å². The summed E-state index contributed by atoms with van der Waals surface area (Å²) in [6.07, 6.45) is 1.15. The van der Waals surface area contributed by atoms with E-state index in [0.29, 0.717) is 28.0 Å². The highest BCUT2D eigenvalue weighted by molar-refractivity contribution is 6.42. The van der Waals surface area contributed by atoms with Crippen molar-refractivity contribution < 1.29 is 0 Å². The fourth-order valence-corrected chi connectivity index (χ4v) is 2.44. The van der Waals surface area contributed by atoms with Gasteiger partial charge in [0.2, 0.25) is 5.95 Å². The summed E-state index contributed by atoms with van der Waals surface area (Å²) < 4.78 is 2.06. The Morgan fingerprint density at radius 3 is 2.62 bits per heavy atom. The molecule has 84 valence electrons. The Kier molecular flexibility index (Phi) is 2.10. The molecule has 2 aromatic rings. The molecule has 1 saturated carbocycles. The van der Waals surface area contributed by atoms with Crippen molar-refractivity contribution in [2.45, 2.75) is 19.4 Å². The molecule has 0 bridgehead atoms. The second-order valence-electron chi connectivity index (χ2n) is 4.38. The average Bonchev–Trinajstić information content (AvgIpc) is 2.82. The number of imidazole rings is 1. The summed E-state index contributed by atoms with van der Waals surface area (Å²) in [6.45, 7) is 2.20. The first-order valence-corrected chi connectivity index (χ1v) is 5.96. The lowest BCUT2D eigenvalue weighted by atomic mass is 10.3. The molecule has 0 radical (unpaired) electrons. The Labute approximate surface area is 103 Å². The van der Waals surface area contributed by atoms with Crippen molar-refractivity contribution in [1.29, 1.82) is 0 Å². The summed E-state index contributed by atoms with van der Waals surface area (Å²) >= 11 is 12.0. The van der Waals surface area contributed by atoms with E-state index in [2.05, 4.69) is 16.5 Å². The molecule has 1 aliphatic carbocycles. The van der Waals surface area contributed by atoms with Crippen LogP contribution < -0.4 is 5.73 Å². The highest BCUT2D eigenvalue weighted by Gasteiger charge is 2.36. The SMILES string of the molecule is CC1CC1n1c(N)nc2cc(Cl)c(Cl)cc21. The molecular formula is C11H11Cl2N3. The zero-order valence-electron chi connectivity index (χ0n) is 8.74. The predicted octanol–water partition coefficient (Wildman–Crippen LogP) is 3.51. The first-order valence-electron chi connectivity index (χ1n) is 5.20. The molecule has 1 fully saturated rings. The van der Waals surface area contributed by atoms with E-state index in [4.69, 9.17) is 28.9 Å². The van der Waals surface area contributed by atoms with Crippen molar-refractivity contribution in [3.63, 3.8) is 0 Å². The molecule has 0 amide bonds. The Balaban J connectivity index is 2.27. The maximum absolute atomic E-state index is 6.02. The summed E-state index contributed by atoms with van der Waals surface area (Å²) in [5.74, 6) is 1.21. The van der Waals surface area contributed by atoms with E-state index in [1.807, 2.05) is 6.07 Å². The molecule has 1 aliphatic rings. The van der Waals surface area contributed by atoms with Crippen molar-refractivity contribution in [2.24, 2.45) is 5.92 Å². The minimum atomic E-state index is 0.460. The molecule has 16 heavy (non-hydrogen) atoms. The number of hydrogen-bond acceptors (Lipinski definition) is 2. The Hall–Kier alpha value is -0.930. The lowest BCUT2D eigenvalue weighted by molar-refractivity contribution is 0.715. The van der Waals surface area contributed by atoms with E-state index in [1.54, 1.807) is 6.07 Å². The molecule has 2 unspecified atom stereocenters. The van der Waals surface area contributed by atoms with E-state index < -0.39 is 0 Å². The number of anilines is 1. The Morgan fingerprint density at radius 2 is 2.00 bits per heavy atom. The normalized spacial score (nSPS) is 23.9. The van der Waals surface area contributed by atoms with Gasteiger partial charge in [-0.2, -0.15) is 0 Å². The van der Waals surface area contributed by atoms with Gasteiger partial charge in [0.15, 0.2) is 0 Å². The largest absolute Gasteiger partial charge is 0.369 e. The van der Waals surface area contributed by atoms with Gasteiger partial charge in [0.1, 0.15) is 0 Å². The fraction of sp³-hybridized carbons (Fsp3) is 0.364. The van der Waals surface area contributed by atoms with Gasteiger partial charge in [0, 0.05) is 6.04 Å². The first-order chi connectivity index (χ1) is 7.58. The van der Waals surface area contributed by atoms with E-state index >= 15 is 0 Å². The van der Waals surface area contributed by atoms with Crippen molar-refractivity contribution >= 4 is 40.2 Å². The van der Waals surface area contributed by atoms with Gasteiger partial charge >= 0.3 is 0 Å². The lowest BCUT2D eigenvalue weighted by Crippen LogP contribution is -2.01. The maximum atomic E-state index is 6.02. The minimum Gasteiger partial charge on any atom is -0.369 e. The number of benzene rings is 1. The van der Waals surface area contributed by atoms with Crippen LogP contribution in [0.4, 0.5) is 5.95 Å². The quantitative estimate of drug-likeness (QED) is 0.848. The Bertz CT molecular complexity index is 576. The molecule has 0 saturated heterocycles. The summed E-state index contributed by atoms with van der Waals surface area (Å²) in [5, 5.41) is 1.06. The third kappa shape index (κ3) is 1.39. The van der Waals surface area contributed by atoms with Crippen molar-refractivity contribution in [3.8, 4) is 0 Å². The number of nitrogen functional groups attached to an aromatic ring is 1. The number of halogens is 2. The van der Waals surface area contributed by atoms with Gasteiger partial charge in [0.25, 0.3) is 0 Å². The zero-order valence-corrected chi connectivity index (χ0v) is 10.3. The third-order valence-electron chi connectivity index (χ3n) is 3.16. The molecular weight excluding hydrogens is 245 g/mol. The van der Waals surface area contributed by atoms with Gasteiger partial charge in [-0.1, -0.05) is 30.1 Å². The molecule has 1 heterocycles. The van der Waals surface area contributed by atoms with E-state index in [-0.39, 0.29) is 0 Å². The second-order valence-corrected chi connectivity index (χ2v) is 5.19. The predicted molar refractivity (Wildman–Crippen MR) is 67.0 cm³/mol. The third-order valence-corrected chi connectivity index (χ3v) is 3.88. The van der Waals surface area contributed by atoms with Crippen LogP contribution in [0.15, 0.2) is 12.1 Å². The monoisotopic (exact) mass is 255 g/mol. The van der Waals surface area contributed by atoms with Gasteiger partial charge in [-0.05, 0) is 24.5 Å². The average molecular weight is 256 g/mol. The number of nitrogens with two attached hydrogens (primary N) is 1. The number of hydrogen-bond donors (Lipinski definition) is 1. The number of rotatable bonds is 1. The molecule has 1 aromatic heterocycles. The molecule has 0 aliphatic heterocycles. The van der Waals surface area contributed by atoms with Crippen LogP contribution in [0.25, 0.3) is 11.0 Å². The molecule has 0 spiro atoms. The Morgan fingerprint density at radius 1 is 1.38 bits per heavy atom. The minimum absolute atomic E-state index is 0.460. The van der Waals surface area contributed by atoms with E-state index in [9.17, 15) is 0 Å². The van der Waals surface area contributed by atoms with Crippen LogP contribution in [0, 0.1) is 5.92 Å². The number of fused-ring (bicyclic) bond motifs is 1. The van der Waals surface area contributed by atoms with Crippen LogP contribution in [-0.2, 0) is 0 Å². The molecule has 2 N–H and O–H groups in total. The molecule has 3 nitrogen and oxygen atoms in total.